The number of amides is 1. The number of rotatable bonds is 6. The fourth-order valence-electron chi connectivity index (χ4n) is 3.05. The lowest BCUT2D eigenvalue weighted by Crippen LogP contribution is -2.48. The number of carbonyl (C=O) groups is 2. The Morgan fingerprint density at radius 3 is 2.24 bits per heavy atom. The van der Waals surface area contributed by atoms with Gasteiger partial charge in [-0.05, 0) is 17.7 Å². The van der Waals surface area contributed by atoms with Crippen LogP contribution in [0.3, 0.4) is 0 Å². The predicted octanol–water partition coefficient (Wildman–Crippen LogP) is 2.39. The zero-order chi connectivity index (χ0) is 17.5. The van der Waals surface area contributed by atoms with E-state index in [1.54, 1.807) is 24.5 Å². The van der Waals surface area contributed by atoms with E-state index in [1.807, 2.05) is 35.2 Å². The summed E-state index contributed by atoms with van der Waals surface area (Å²) in [5.74, 6) is 0.109. The van der Waals surface area contributed by atoms with Gasteiger partial charge in [0.15, 0.2) is 5.78 Å². The molecule has 130 valence electrons. The molecule has 0 spiro atoms. The van der Waals surface area contributed by atoms with Gasteiger partial charge >= 0.3 is 0 Å². The highest BCUT2D eigenvalue weighted by Crippen LogP contribution is 2.11. The van der Waals surface area contributed by atoms with E-state index in [-0.39, 0.29) is 24.5 Å². The molecule has 0 atom stereocenters. The van der Waals surface area contributed by atoms with Gasteiger partial charge in [-0.25, -0.2) is 0 Å². The zero-order valence-electron chi connectivity index (χ0n) is 14.3. The van der Waals surface area contributed by atoms with Crippen LogP contribution in [-0.4, -0.2) is 52.7 Å². The van der Waals surface area contributed by atoms with Crippen molar-refractivity contribution in [2.45, 2.75) is 19.4 Å². The largest absolute Gasteiger partial charge is 0.340 e. The van der Waals surface area contributed by atoms with Crippen LogP contribution < -0.4 is 0 Å². The molecule has 0 radical (unpaired) electrons. The fourth-order valence-corrected chi connectivity index (χ4v) is 3.05. The normalized spacial score (nSPS) is 15.1. The van der Waals surface area contributed by atoms with Crippen LogP contribution in [0, 0.1) is 0 Å². The number of hydrogen-bond donors (Lipinski definition) is 0. The van der Waals surface area contributed by atoms with E-state index in [0.717, 1.165) is 32.7 Å². The molecule has 1 aromatic heterocycles. The molecular weight excluding hydrogens is 314 g/mol. The maximum Gasteiger partial charge on any atom is 0.223 e. The van der Waals surface area contributed by atoms with Crippen molar-refractivity contribution in [2.75, 3.05) is 26.2 Å². The van der Waals surface area contributed by atoms with E-state index >= 15 is 0 Å². The Bertz CT molecular complexity index is 695. The maximum absolute atomic E-state index is 12.3. The Morgan fingerprint density at radius 2 is 1.56 bits per heavy atom. The first-order chi connectivity index (χ1) is 12.2. The van der Waals surface area contributed by atoms with Crippen LogP contribution in [-0.2, 0) is 11.3 Å². The zero-order valence-corrected chi connectivity index (χ0v) is 14.3. The lowest BCUT2D eigenvalue weighted by molar-refractivity contribution is -0.132. The molecule has 2 aromatic rings. The number of piperazine rings is 1. The van der Waals surface area contributed by atoms with Crippen molar-refractivity contribution >= 4 is 11.7 Å². The number of Topliss-reactive ketones (excluding diaryl/α,β-unsaturated/α-hetero) is 1. The number of nitrogens with zero attached hydrogens (tertiary/aromatic N) is 3. The van der Waals surface area contributed by atoms with Crippen LogP contribution in [0.1, 0.15) is 28.8 Å². The van der Waals surface area contributed by atoms with Gasteiger partial charge in [0.05, 0.1) is 0 Å². The van der Waals surface area contributed by atoms with Crippen LogP contribution >= 0.6 is 0 Å². The molecule has 1 amide bonds. The second-order valence-electron chi connectivity index (χ2n) is 6.30. The minimum atomic E-state index is 0.0327. The Hall–Kier alpha value is -2.53. The van der Waals surface area contributed by atoms with Gasteiger partial charge in [-0.2, -0.15) is 0 Å². The number of benzene rings is 1. The summed E-state index contributed by atoms with van der Waals surface area (Å²) >= 11 is 0. The average molecular weight is 337 g/mol. The van der Waals surface area contributed by atoms with Gasteiger partial charge in [0.2, 0.25) is 5.91 Å². The van der Waals surface area contributed by atoms with Crippen LogP contribution in [0.25, 0.3) is 0 Å². The first-order valence-electron chi connectivity index (χ1n) is 8.69. The SMILES string of the molecule is O=C(CCC(=O)N1CCN(Cc2ccncc2)CC1)c1ccccc1. The van der Waals surface area contributed by atoms with Crippen LogP contribution in [0.5, 0.6) is 0 Å². The quantitative estimate of drug-likeness (QED) is 0.760. The van der Waals surface area contributed by atoms with Crippen LogP contribution in [0.2, 0.25) is 0 Å². The number of hydrogen-bond acceptors (Lipinski definition) is 4. The second-order valence-corrected chi connectivity index (χ2v) is 6.30. The minimum Gasteiger partial charge on any atom is -0.340 e. The molecule has 0 N–H and O–H groups in total. The summed E-state index contributed by atoms with van der Waals surface area (Å²) in [6.45, 7) is 4.06. The van der Waals surface area contributed by atoms with E-state index in [2.05, 4.69) is 9.88 Å². The molecule has 1 saturated heterocycles. The van der Waals surface area contributed by atoms with Gasteiger partial charge < -0.3 is 4.90 Å². The third-order valence-corrected chi connectivity index (χ3v) is 4.54. The van der Waals surface area contributed by atoms with Gasteiger partial charge in [-0.1, -0.05) is 30.3 Å². The van der Waals surface area contributed by atoms with E-state index in [1.165, 1.54) is 5.56 Å². The van der Waals surface area contributed by atoms with E-state index in [4.69, 9.17) is 0 Å². The predicted molar refractivity (Wildman–Crippen MR) is 96.1 cm³/mol. The van der Waals surface area contributed by atoms with E-state index < -0.39 is 0 Å². The fraction of sp³-hybridized carbons (Fsp3) is 0.350. The molecule has 0 bridgehead atoms. The molecule has 25 heavy (non-hydrogen) atoms. The summed E-state index contributed by atoms with van der Waals surface area (Å²) in [5.41, 5.74) is 1.92. The van der Waals surface area contributed by atoms with Crippen molar-refractivity contribution in [3.8, 4) is 0 Å². The number of aromatic nitrogens is 1. The summed E-state index contributed by atoms with van der Waals surface area (Å²) in [5, 5.41) is 0. The average Bonchev–Trinajstić information content (AvgIpc) is 2.68. The Kier molecular flexibility index (Phi) is 5.90. The van der Waals surface area contributed by atoms with Crippen molar-refractivity contribution < 1.29 is 9.59 Å². The first-order valence-corrected chi connectivity index (χ1v) is 8.69. The number of pyridine rings is 1. The van der Waals surface area contributed by atoms with Crippen molar-refractivity contribution in [3.05, 3.63) is 66.0 Å². The lowest BCUT2D eigenvalue weighted by Gasteiger charge is -2.34. The second kappa shape index (κ2) is 8.53. The minimum absolute atomic E-state index is 0.0327. The van der Waals surface area contributed by atoms with E-state index in [0.29, 0.717) is 5.56 Å². The molecule has 1 aliphatic rings. The van der Waals surface area contributed by atoms with Gasteiger partial charge in [-0.15, -0.1) is 0 Å². The van der Waals surface area contributed by atoms with Crippen molar-refractivity contribution in [1.82, 2.24) is 14.8 Å². The molecule has 3 rings (SSSR count). The first kappa shape index (κ1) is 17.3. The highest BCUT2D eigenvalue weighted by Gasteiger charge is 2.21. The third-order valence-electron chi connectivity index (χ3n) is 4.54. The van der Waals surface area contributed by atoms with Crippen LogP contribution in [0.4, 0.5) is 0 Å². The molecular formula is C20H23N3O2. The summed E-state index contributed by atoms with van der Waals surface area (Å²) in [6.07, 6.45) is 4.18. The van der Waals surface area contributed by atoms with Gasteiger partial charge in [0.25, 0.3) is 0 Å². The number of carbonyl (C=O) groups excluding carboxylic acids is 2. The summed E-state index contributed by atoms with van der Waals surface area (Å²) in [6, 6.07) is 13.2. The molecule has 1 fully saturated rings. The lowest BCUT2D eigenvalue weighted by atomic mass is 10.1. The molecule has 2 heterocycles. The molecule has 1 aromatic carbocycles. The topological polar surface area (TPSA) is 53.5 Å². The standard InChI is InChI=1S/C20H23N3O2/c24-19(18-4-2-1-3-5-18)6-7-20(25)23-14-12-22(13-15-23)16-17-8-10-21-11-9-17/h1-5,8-11H,6-7,12-16H2. The molecule has 5 heteroatoms. The molecule has 1 aliphatic heterocycles. The highest BCUT2D eigenvalue weighted by atomic mass is 16.2. The maximum atomic E-state index is 12.3. The highest BCUT2D eigenvalue weighted by molar-refractivity contribution is 5.97. The van der Waals surface area contributed by atoms with Gasteiger partial charge in [-0.3, -0.25) is 19.5 Å². The Balaban J connectivity index is 1.42. The molecule has 0 unspecified atom stereocenters. The van der Waals surface area contributed by atoms with Crippen molar-refractivity contribution in [1.29, 1.82) is 0 Å². The molecule has 0 saturated carbocycles. The van der Waals surface area contributed by atoms with Gasteiger partial charge in [0.1, 0.15) is 0 Å². The molecule has 0 aliphatic carbocycles. The van der Waals surface area contributed by atoms with Crippen molar-refractivity contribution in [2.24, 2.45) is 0 Å². The third kappa shape index (κ3) is 4.97. The summed E-state index contributed by atoms with van der Waals surface area (Å²) in [7, 11) is 0. The summed E-state index contributed by atoms with van der Waals surface area (Å²) < 4.78 is 0. The van der Waals surface area contributed by atoms with Crippen molar-refractivity contribution in [3.63, 3.8) is 0 Å². The monoisotopic (exact) mass is 337 g/mol. The Morgan fingerprint density at radius 1 is 0.880 bits per heavy atom. The van der Waals surface area contributed by atoms with E-state index in [9.17, 15) is 9.59 Å². The van der Waals surface area contributed by atoms with Crippen LogP contribution in [0.15, 0.2) is 54.9 Å². The molecule has 5 nitrogen and oxygen atoms in total. The van der Waals surface area contributed by atoms with Gasteiger partial charge in [0, 0.05) is 63.5 Å². The number of ketones is 1. The summed E-state index contributed by atoms with van der Waals surface area (Å²) in [4.78, 5) is 32.7. The smallest absolute Gasteiger partial charge is 0.223 e. The Labute approximate surface area is 148 Å².